The van der Waals surface area contributed by atoms with Gasteiger partial charge in [-0.05, 0) is 38.9 Å². The zero-order chi connectivity index (χ0) is 12.7. The number of nitrogens with zero attached hydrogens (tertiary/aromatic N) is 1. The summed E-state index contributed by atoms with van der Waals surface area (Å²) in [7, 11) is -0.673. The second-order valence-corrected chi connectivity index (χ2v) is 6.99. The van der Waals surface area contributed by atoms with Crippen molar-refractivity contribution in [2.45, 2.75) is 50.8 Å². The van der Waals surface area contributed by atoms with E-state index in [0.29, 0.717) is 11.3 Å². The van der Waals surface area contributed by atoms with Crippen molar-refractivity contribution in [2.24, 2.45) is 0 Å². The van der Waals surface area contributed by atoms with Crippen molar-refractivity contribution in [3.05, 3.63) is 0 Å². The molecule has 3 nitrogen and oxygen atoms in total. The van der Waals surface area contributed by atoms with E-state index in [-0.39, 0.29) is 0 Å². The van der Waals surface area contributed by atoms with E-state index in [2.05, 4.69) is 24.1 Å². The van der Waals surface area contributed by atoms with Crippen molar-refractivity contribution in [3.63, 3.8) is 0 Å². The number of hydrogen-bond donors (Lipinski definition) is 1. The Balaban J connectivity index is 2.33. The third-order valence-electron chi connectivity index (χ3n) is 3.62. The van der Waals surface area contributed by atoms with Gasteiger partial charge in [0.05, 0.1) is 0 Å². The normalized spacial score (nSPS) is 26.4. The molecule has 1 aliphatic rings. The van der Waals surface area contributed by atoms with Crippen LogP contribution in [-0.2, 0) is 10.8 Å². The number of rotatable bonds is 6. The van der Waals surface area contributed by atoms with E-state index in [9.17, 15) is 4.21 Å². The van der Waals surface area contributed by atoms with Crippen LogP contribution in [0.4, 0.5) is 0 Å². The molecule has 0 aliphatic carbocycles. The molecular formula is C13H28N2OS. The third kappa shape index (κ3) is 5.98. The Morgan fingerprint density at radius 1 is 1.53 bits per heavy atom. The van der Waals surface area contributed by atoms with Crippen LogP contribution in [0.5, 0.6) is 0 Å². The van der Waals surface area contributed by atoms with E-state index in [4.69, 9.17) is 0 Å². The number of hydrogen-bond acceptors (Lipinski definition) is 3. The third-order valence-corrected chi connectivity index (χ3v) is 4.99. The molecule has 3 unspecified atom stereocenters. The van der Waals surface area contributed by atoms with Crippen LogP contribution in [-0.4, -0.2) is 52.8 Å². The van der Waals surface area contributed by atoms with Crippen molar-refractivity contribution in [3.8, 4) is 0 Å². The predicted octanol–water partition coefficient (Wildman–Crippen LogP) is 1.61. The molecule has 1 aliphatic heterocycles. The van der Waals surface area contributed by atoms with Gasteiger partial charge in [-0.3, -0.25) is 4.21 Å². The SMILES string of the molecule is CCCC1CN(CCC(C)S(C)=O)CCCN1. The van der Waals surface area contributed by atoms with Crippen molar-refractivity contribution < 1.29 is 4.21 Å². The molecule has 0 amide bonds. The average molecular weight is 260 g/mol. The van der Waals surface area contributed by atoms with E-state index in [1.807, 2.05) is 6.26 Å². The molecule has 0 bridgehead atoms. The van der Waals surface area contributed by atoms with Crippen molar-refractivity contribution >= 4 is 10.8 Å². The first-order chi connectivity index (χ1) is 8.13. The molecule has 17 heavy (non-hydrogen) atoms. The molecule has 1 fully saturated rings. The molecule has 102 valence electrons. The lowest BCUT2D eigenvalue weighted by Crippen LogP contribution is -2.38. The quantitative estimate of drug-likeness (QED) is 0.787. The molecular weight excluding hydrogens is 232 g/mol. The maximum atomic E-state index is 11.3. The van der Waals surface area contributed by atoms with Crippen molar-refractivity contribution in [1.82, 2.24) is 10.2 Å². The fourth-order valence-electron chi connectivity index (χ4n) is 2.35. The minimum absolute atomic E-state index is 0.329. The Morgan fingerprint density at radius 2 is 2.29 bits per heavy atom. The lowest BCUT2D eigenvalue weighted by molar-refractivity contribution is 0.259. The molecule has 0 saturated carbocycles. The first kappa shape index (κ1) is 15.1. The van der Waals surface area contributed by atoms with Gasteiger partial charge in [0.15, 0.2) is 0 Å². The van der Waals surface area contributed by atoms with Crippen LogP contribution in [0, 0.1) is 0 Å². The predicted molar refractivity (Wildman–Crippen MR) is 75.9 cm³/mol. The van der Waals surface area contributed by atoms with E-state index < -0.39 is 10.8 Å². The highest BCUT2D eigenvalue weighted by Gasteiger charge is 2.17. The second kappa shape index (κ2) is 8.22. The summed E-state index contributed by atoms with van der Waals surface area (Å²) in [5.41, 5.74) is 0. The van der Waals surface area contributed by atoms with E-state index in [0.717, 1.165) is 26.1 Å². The summed E-state index contributed by atoms with van der Waals surface area (Å²) >= 11 is 0. The monoisotopic (exact) mass is 260 g/mol. The summed E-state index contributed by atoms with van der Waals surface area (Å²) in [6, 6.07) is 0.657. The fourth-order valence-corrected chi connectivity index (χ4v) is 2.79. The number of nitrogens with one attached hydrogen (secondary N) is 1. The molecule has 1 heterocycles. The van der Waals surface area contributed by atoms with Crippen LogP contribution < -0.4 is 5.32 Å². The van der Waals surface area contributed by atoms with E-state index >= 15 is 0 Å². The van der Waals surface area contributed by atoms with Crippen LogP contribution in [0.3, 0.4) is 0 Å². The van der Waals surface area contributed by atoms with Crippen LogP contribution in [0.15, 0.2) is 0 Å². The second-order valence-electron chi connectivity index (χ2n) is 5.19. The molecule has 4 heteroatoms. The van der Waals surface area contributed by atoms with E-state index in [1.54, 1.807) is 0 Å². The van der Waals surface area contributed by atoms with Gasteiger partial charge in [0.1, 0.15) is 0 Å². The van der Waals surface area contributed by atoms with Crippen molar-refractivity contribution in [2.75, 3.05) is 32.4 Å². The summed E-state index contributed by atoms with van der Waals surface area (Å²) in [5.74, 6) is 0. The Bertz CT molecular complexity index is 235. The molecule has 0 spiro atoms. The minimum atomic E-state index is -0.673. The molecule has 1 N–H and O–H groups in total. The largest absolute Gasteiger partial charge is 0.313 e. The van der Waals surface area contributed by atoms with Crippen LogP contribution in [0.1, 0.15) is 39.5 Å². The first-order valence-corrected chi connectivity index (χ1v) is 8.53. The maximum absolute atomic E-state index is 11.3. The molecule has 3 atom stereocenters. The molecule has 1 saturated heterocycles. The highest BCUT2D eigenvalue weighted by Crippen LogP contribution is 2.08. The van der Waals surface area contributed by atoms with Crippen LogP contribution in [0.25, 0.3) is 0 Å². The summed E-state index contributed by atoms with van der Waals surface area (Å²) in [5, 5.41) is 3.95. The van der Waals surface area contributed by atoms with Gasteiger partial charge in [-0.2, -0.15) is 0 Å². The smallest absolute Gasteiger partial charge is 0.0329 e. The topological polar surface area (TPSA) is 32.3 Å². The lowest BCUT2D eigenvalue weighted by atomic mass is 10.1. The highest BCUT2D eigenvalue weighted by atomic mass is 32.2. The Morgan fingerprint density at radius 3 is 2.94 bits per heavy atom. The summed E-state index contributed by atoms with van der Waals surface area (Å²) in [6.07, 6.45) is 6.63. The zero-order valence-electron chi connectivity index (χ0n) is 11.6. The van der Waals surface area contributed by atoms with Gasteiger partial charge in [-0.15, -0.1) is 0 Å². The Kier molecular flexibility index (Phi) is 7.32. The molecule has 0 aromatic heterocycles. The highest BCUT2D eigenvalue weighted by molar-refractivity contribution is 7.84. The van der Waals surface area contributed by atoms with Gasteiger partial charge in [-0.1, -0.05) is 20.3 Å². The minimum Gasteiger partial charge on any atom is -0.313 e. The molecule has 1 rings (SSSR count). The lowest BCUT2D eigenvalue weighted by Gasteiger charge is -2.25. The van der Waals surface area contributed by atoms with Gasteiger partial charge < -0.3 is 10.2 Å². The van der Waals surface area contributed by atoms with Crippen LogP contribution >= 0.6 is 0 Å². The summed E-state index contributed by atoms with van der Waals surface area (Å²) < 4.78 is 11.3. The van der Waals surface area contributed by atoms with Crippen LogP contribution in [0.2, 0.25) is 0 Å². The molecule has 0 aromatic carbocycles. The molecule has 0 aromatic rings. The zero-order valence-corrected chi connectivity index (χ0v) is 12.4. The summed E-state index contributed by atoms with van der Waals surface area (Å²) in [6.45, 7) is 8.95. The van der Waals surface area contributed by atoms with E-state index in [1.165, 1.54) is 25.8 Å². The summed E-state index contributed by atoms with van der Waals surface area (Å²) in [4.78, 5) is 2.55. The Hall–Kier alpha value is 0.0700. The van der Waals surface area contributed by atoms with Gasteiger partial charge in [0.2, 0.25) is 0 Å². The van der Waals surface area contributed by atoms with Crippen molar-refractivity contribution in [1.29, 1.82) is 0 Å². The fraction of sp³-hybridized carbons (Fsp3) is 1.00. The Labute approximate surface area is 109 Å². The van der Waals surface area contributed by atoms with Gasteiger partial charge in [0.25, 0.3) is 0 Å². The maximum Gasteiger partial charge on any atom is 0.0329 e. The van der Waals surface area contributed by atoms with Gasteiger partial charge >= 0.3 is 0 Å². The standard InChI is InChI=1S/C13H28N2OS/c1-4-6-13-11-15(9-5-8-14-13)10-7-12(2)17(3)16/h12-14H,4-11H2,1-3H3. The van der Waals surface area contributed by atoms with Gasteiger partial charge in [-0.25, -0.2) is 0 Å². The first-order valence-electron chi connectivity index (χ1n) is 6.91. The van der Waals surface area contributed by atoms with Gasteiger partial charge in [0, 0.05) is 34.9 Å². The average Bonchev–Trinajstić information content (AvgIpc) is 2.51. The molecule has 0 radical (unpaired) electrons.